The molecule has 1 fully saturated rings. The maximum Gasteiger partial charge on any atom is 0.235 e. The molecular formula is C14H21N3OS. The molecule has 1 aliphatic heterocycles. The molecule has 0 aromatic carbocycles. The molecule has 2 heterocycles. The highest BCUT2D eigenvalue weighted by atomic mass is 32.2. The zero-order valence-corrected chi connectivity index (χ0v) is 12.2. The van der Waals surface area contributed by atoms with Gasteiger partial charge in [0.05, 0.1) is 5.25 Å². The number of nitrogens with zero attached hydrogens (tertiary/aromatic N) is 2. The predicted molar refractivity (Wildman–Crippen MR) is 79.0 cm³/mol. The fourth-order valence-corrected chi connectivity index (χ4v) is 3.18. The summed E-state index contributed by atoms with van der Waals surface area (Å²) in [7, 11) is 0. The van der Waals surface area contributed by atoms with Gasteiger partial charge in [-0.25, -0.2) is 4.98 Å². The van der Waals surface area contributed by atoms with Gasteiger partial charge >= 0.3 is 0 Å². The molecule has 0 saturated carbocycles. The van der Waals surface area contributed by atoms with Crippen molar-refractivity contribution in [2.75, 3.05) is 18.8 Å². The lowest BCUT2D eigenvalue weighted by Gasteiger charge is -2.23. The number of anilines is 1. The number of thioether (sulfide) groups is 1. The van der Waals surface area contributed by atoms with Gasteiger partial charge in [-0.15, -0.1) is 11.8 Å². The van der Waals surface area contributed by atoms with Crippen molar-refractivity contribution >= 4 is 23.5 Å². The van der Waals surface area contributed by atoms with Crippen LogP contribution in [0.15, 0.2) is 23.2 Å². The quantitative estimate of drug-likeness (QED) is 0.864. The zero-order valence-electron chi connectivity index (χ0n) is 11.3. The topological polar surface area (TPSA) is 59.2 Å². The molecule has 0 bridgehead atoms. The number of carbonyl (C=O) groups excluding carboxylic acids is 1. The monoisotopic (exact) mass is 279 g/mol. The van der Waals surface area contributed by atoms with Gasteiger partial charge in [0.15, 0.2) is 0 Å². The smallest absolute Gasteiger partial charge is 0.235 e. The first-order valence-corrected chi connectivity index (χ1v) is 7.72. The summed E-state index contributed by atoms with van der Waals surface area (Å²) in [6.45, 7) is 3.78. The van der Waals surface area contributed by atoms with Crippen molar-refractivity contribution in [2.45, 2.75) is 42.8 Å². The maximum atomic E-state index is 12.4. The number of aromatic nitrogens is 1. The SMILES string of the molecule is CC(Sc1ccc(N)nc1)C(=O)N1CCCCCC1. The highest BCUT2D eigenvalue weighted by Gasteiger charge is 2.22. The van der Waals surface area contributed by atoms with E-state index in [2.05, 4.69) is 4.98 Å². The molecule has 4 nitrogen and oxygen atoms in total. The van der Waals surface area contributed by atoms with Crippen LogP contribution in [0.3, 0.4) is 0 Å². The number of nitrogens with two attached hydrogens (primary N) is 1. The lowest BCUT2D eigenvalue weighted by molar-refractivity contribution is -0.130. The normalized spacial score (nSPS) is 17.8. The van der Waals surface area contributed by atoms with Crippen LogP contribution in [-0.4, -0.2) is 34.1 Å². The molecule has 5 heteroatoms. The number of amides is 1. The lowest BCUT2D eigenvalue weighted by Crippen LogP contribution is -2.37. The fraction of sp³-hybridized carbons (Fsp3) is 0.571. The third-order valence-electron chi connectivity index (χ3n) is 3.34. The molecule has 1 saturated heterocycles. The van der Waals surface area contributed by atoms with Crippen molar-refractivity contribution in [2.24, 2.45) is 0 Å². The Bertz CT molecular complexity index is 413. The third-order valence-corrected chi connectivity index (χ3v) is 4.41. The Morgan fingerprint density at radius 3 is 2.58 bits per heavy atom. The molecule has 2 N–H and O–H groups in total. The van der Waals surface area contributed by atoms with E-state index in [1.54, 1.807) is 24.0 Å². The van der Waals surface area contributed by atoms with E-state index >= 15 is 0 Å². The van der Waals surface area contributed by atoms with E-state index < -0.39 is 0 Å². The van der Waals surface area contributed by atoms with Crippen LogP contribution in [0.25, 0.3) is 0 Å². The Kier molecular flexibility index (Phi) is 5.07. The fourth-order valence-electron chi connectivity index (χ4n) is 2.26. The Morgan fingerprint density at radius 2 is 2.00 bits per heavy atom. The van der Waals surface area contributed by atoms with Crippen LogP contribution >= 0.6 is 11.8 Å². The molecule has 0 spiro atoms. The average molecular weight is 279 g/mol. The molecule has 1 amide bonds. The van der Waals surface area contributed by atoms with Crippen molar-refractivity contribution in [3.8, 4) is 0 Å². The summed E-state index contributed by atoms with van der Waals surface area (Å²) in [5.41, 5.74) is 5.56. The van der Waals surface area contributed by atoms with E-state index in [4.69, 9.17) is 5.73 Å². The summed E-state index contributed by atoms with van der Waals surface area (Å²) in [4.78, 5) is 19.4. The molecular weight excluding hydrogens is 258 g/mol. The van der Waals surface area contributed by atoms with Crippen molar-refractivity contribution < 1.29 is 4.79 Å². The summed E-state index contributed by atoms with van der Waals surface area (Å²) in [6, 6.07) is 3.69. The molecule has 0 radical (unpaired) electrons. The van der Waals surface area contributed by atoms with Crippen molar-refractivity contribution in [3.63, 3.8) is 0 Å². The van der Waals surface area contributed by atoms with Crippen LogP contribution in [0.5, 0.6) is 0 Å². The van der Waals surface area contributed by atoms with Crippen molar-refractivity contribution in [1.29, 1.82) is 0 Å². The van der Waals surface area contributed by atoms with Gasteiger partial charge in [0.2, 0.25) is 5.91 Å². The lowest BCUT2D eigenvalue weighted by atomic mass is 10.2. The van der Waals surface area contributed by atoms with Crippen LogP contribution in [0, 0.1) is 0 Å². The standard InChI is InChI=1S/C14H21N3OS/c1-11(19-12-6-7-13(15)16-10-12)14(18)17-8-4-2-3-5-9-17/h6-7,10-11H,2-5,8-9H2,1H3,(H2,15,16). The van der Waals surface area contributed by atoms with Crippen LogP contribution in [0.2, 0.25) is 0 Å². The molecule has 104 valence electrons. The number of hydrogen-bond donors (Lipinski definition) is 1. The molecule has 1 aliphatic rings. The van der Waals surface area contributed by atoms with Gasteiger partial charge in [-0.2, -0.15) is 0 Å². The summed E-state index contributed by atoms with van der Waals surface area (Å²) in [5.74, 6) is 0.750. The molecule has 1 aromatic rings. The minimum absolute atomic E-state index is 0.0662. The second-order valence-corrected chi connectivity index (χ2v) is 6.33. The first-order chi connectivity index (χ1) is 9.16. The van der Waals surface area contributed by atoms with Gasteiger partial charge in [-0.1, -0.05) is 12.8 Å². The van der Waals surface area contributed by atoms with Crippen LogP contribution in [0.1, 0.15) is 32.6 Å². The van der Waals surface area contributed by atoms with Gasteiger partial charge in [-0.05, 0) is 31.9 Å². The summed E-state index contributed by atoms with van der Waals surface area (Å²) in [6.07, 6.45) is 6.48. The van der Waals surface area contributed by atoms with Gasteiger partial charge < -0.3 is 10.6 Å². The number of hydrogen-bond acceptors (Lipinski definition) is 4. The number of carbonyl (C=O) groups is 1. The number of pyridine rings is 1. The molecule has 0 aliphatic carbocycles. The molecule has 19 heavy (non-hydrogen) atoms. The third kappa shape index (κ3) is 4.13. The van der Waals surface area contributed by atoms with Crippen molar-refractivity contribution in [1.82, 2.24) is 9.88 Å². The zero-order chi connectivity index (χ0) is 13.7. The highest BCUT2D eigenvalue weighted by Crippen LogP contribution is 2.25. The second kappa shape index (κ2) is 6.80. The minimum Gasteiger partial charge on any atom is -0.384 e. The largest absolute Gasteiger partial charge is 0.384 e. The first kappa shape index (κ1) is 14.2. The second-order valence-electron chi connectivity index (χ2n) is 4.92. The Labute approximate surface area is 118 Å². The molecule has 1 atom stereocenters. The average Bonchev–Trinajstić information content (AvgIpc) is 2.69. The van der Waals surface area contributed by atoms with Gasteiger partial charge in [0.1, 0.15) is 5.82 Å². The van der Waals surface area contributed by atoms with Crippen LogP contribution in [0.4, 0.5) is 5.82 Å². The molecule has 1 unspecified atom stereocenters. The maximum absolute atomic E-state index is 12.4. The van der Waals surface area contributed by atoms with Crippen LogP contribution < -0.4 is 5.73 Å². The molecule has 2 rings (SSSR count). The van der Waals surface area contributed by atoms with E-state index in [1.165, 1.54) is 12.8 Å². The first-order valence-electron chi connectivity index (χ1n) is 6.84. The van der Waals surface area contributed by atoms with Crippen LogP contribution in [-0.2, 0) is 4.79 Å². The summed E-state index contributed by atoms with van der Waals surface area (Å²) in [5, 5.41) is -0.0662. The minimum atomic E-state index is -0.0662. The van der Waals surface area contributed by atoms with Gasteiger partial charge in [-0.3, -0.25) is 4.79 Å². The Balaban J connectivity index is 1.92. The van der Waals surface area contributed by atoms with Crippen molar-refractivity contribution in [3.05, 3.63) is 18.3 Å². The van der Waals surface area contributed by atoms with E-state index in [0.29, 0.717) is 5.82 Å². The van der Waals surface area contributed by atoms with E-state index in [0.717, 1.165) is 30.8 Å². The van der Waals surface area contributed by atoms with E-state index in [9.17, 15) is 4.79 Å². The highest BCUT2D eigenvalue weighted by molar-refractivity contribution is 8.00. The predicted octanol–water partition coefficient (Wildman–Crippen LogP) is 2.55. The van der Waals surface area contributed by atoms with E-state index in [1.807, 2.05) is 17.9 Å². The Hall–Kier alpha value is -1.23. The number of rotatable bonds is 3. The molecule has 1 aromatic heterocycles. The van der Waals surface area contributed by atoms with Gasteiger partial charge in [0, 0.05) is 24.2 Å². The Morgan fingerprint density at radius 1 is 1.32 bits per heavy atom. The number of likely N-dealkylation sites (tertiary alicyclic amines) is 1. The van der Waals surface area contributed by atoms with Gasteiger partial charge in [0.25, 0.3) is 0 Å². The summed E-state index contributed by atoms with van der Waals surface area (Å²) >= 11 is 1.55. The number of nitrogen functional groups attached to an aromatic ring is 1. The summed E-state index contributed by atoms with van der Waals surface area (Å²) < 4.78 is 0. The van der Waals surface area contributed by atoms with E-state index in [-0.39, 0.29) is 11.2 Å².